The summed E-state index contributed by atoms with van der Waals surface area (Å²) < 4.78 is 1.56. The molecular weight excluding hydrogens is 354 g/mol. The summed E-state index contributed by atoms with van der Waals surface area (Å²) in [4.78, 5) is 11.0. The molecule has 0 aliphatic rings. The molecule has 6 nitrogen and oxygen atoms in total. The number of carboxylic acids is 1. The van der Waals surface area contributed by atoms with Crippen molar-refractivity contribution < 1.29 is 15.0 Å². The maximum absolute atomic E-state index is 11.0. The van der Waals surface area contributed by atoms with Crippen LogP contribution in [0.4, 0.5) is 0 Å². The van der Waals surface area contributed by atoms with Gasteiger partial charge in [-0.05, 0) is 41.7 Å². The van der Waals surface area contributed by atoms with E-state index >= 15 is 0 Å². The second-order valence-corrected chi connectivity index (χ2v) is 7.73. The van der Waals surface area contributed by atoms with Crippen LogP contribution in [-0.4, -0.2) is 31.2 Å². The van der Waals surface area contributed by atoms with E-state index in [0.717, 1.165) is 11.1 Å². The van der Waals surface area contributed by atoms with Gasteiger partial charge in [0.1, 0.15) is 17.0 Å². The van der Waals surface area contributed by atoms with Crippen LogP contribution in [0.25, 0.3) is 16.7 Å². The summed E-state index contributed by atoms with van der Waals surface area (Å²) >= 11 is 6.00. The van der Waals surface area contributed by atoms with E-state index in [0.29, 0.717) is 28.2 Å². The van der Waals surface area contributed by atoms with Gasteiger partial charge in [-0.25, -0.2) is 4.68 Å². The first-order chi connectivity index (χ1) is 12.2. The minimum Gasteiger partial charge on any atom is -0.505 e. The molecule has 0 saturated carbocycles. The minimum atomic E-state index is -0.863. The van der Waals surface area contributed by atoms with E-state index in [4.69, 9.17) is 16.7 Å². The van der Waals surface area contributed by atoms with Crippen molar-refractivity contribution in [3.63, 3.8) is 0 Å². The first-order valence-corrected chi connectivity index (χ1v) is 8.64. The van der Waals surface area contributed by atoms with Crippen molar-refractivity contribution in [2.45, 2.75) is 39.0 Å². The summed E-state index contributed by atoms with van der Waals surface area (Å²) in [7, 11) is 0. The first-order valence-electron chi connectivity index (χ1n) is 8.26. The predicted octanol–water partition coefficient (Wildman–Crippen LogP) is 4.09. The molecule has 136 valence electrons. The molecule has 2 aromatic carbocycles. The Bertz CT molecular complexity index is 990. The zero-order valence-electron chi connectivity index (χ0n) is 14.8. The zero-order chi connectivity index (χ0) is 19.1. The standard InChI is InChI=1S/C19H20ClN3O3/c1-19(2,3)13-8-11(4-7-17(24)25)9-16(18(13)26)23-15-6-5-12(20)10-14(15)21-22-23/h5-6,8-10,26H,4,7H2,1-3H3,(H,24,25). The minimum absolute atomic E-state index is 0.0154. The number of rotatable bonds is 4. The number of benzene rings is 2. The lowest BCUT2D eigenvalue weighted by Gasteiger charge is -2.23. The first kappa shape index (κ1) is 18.2. The molecule has 0 amide bonds. The summed E-state index contributed by atoms with van der Waals surface area (Å²) in [6.07, 6.45) is 0.381. The number of aromatic hydroxyl groups is 1. The fourth-order valence-corrected chi connectivity index (χ4v) is 3.05. The molecule has 0 spiro atoms. The highest BCUT2D eigenvalue weighted by atomic mass is 35.5. The van der Waals surface area contributed by atoms with E-state index < -0.39 is 5.97 Å². The fraction of sp³-hybridized carbons (Fsp3) is 0.316. The van der Waals surface area contributed by atoms with Gasteiger partial charge in [0.2, 0.25) is 0 Å². The Balaban J connectivity index is 2.21. The van der Waals surface area contributed by atoms with Crippen molar-refractivity contribution in [3.05, 3.63) is 46.5 Å². The van der Waals surface area contributed by atoms with Crippen LogP contribution in [0.5, 0.6) is 5.75 Å². The van der Waals surface area contributed by atoms with Gasteiger partial charge < -0.3 is 10.2 Å². The molecular formula is C19H20ClN3O3. The third-order valence-corrected chi connectivity index (χ3v) is 4.46. The van der Waals surface area contributed by atoms with Gasteiger partial charge in [-0.3, -0.25) is 4.79 Å². The maximum Gasteiger partial charge on any atom is 0.303 e. The topological polar surface area (TPSA) is 88.2 Å². The Kier molecular flexibility index (Phi) is 4.63. The highest BCUT2D eigenvalue weighted by molar-refractivity contribution is 6.31. The Hall–Kier alpha value is -2.60. The lowest BCUT2D eigenvalue weighted by Crippen LogP contribution is -2.14. The van der Waals surface area contributed by atoms with Crippen LogP contribution in [-0.2, 0) is 16.6 Å². The van der Waals surface area contributed by atoms with Gasteiger partial charge in [0.15, 0.2) is 0 Å². The molecule has 0 unspecified atom stereocenters. The monoisotopic (exact) mass is 373 g/mol. The van der Waals surface area contributed by atoms with E-state index in [9.17, 15) is 9.90 Å². The summed E-state index contributed by atoms with van der Waals surface area (Å²) in [5.74, 6) is -0.754. The van der Waals surface area contributed by atoms with Crippen LogP contribution >= 0.6 is 11.6 Å². The molecule has 3 rings (SSSR count). The molecule has 0 aliphatic heterocycles. The smallest absolute Gasteiger partial charge is 0.303 e. The normalized spacial score (nSPS) is 11.8. The molecule has 7 heteroatoms. The van der Waals surface area contributed by atoms with E-state index in [1.54, 1.807) is 28.9 Å². The molecule has 0 atom stereocenters. The summed E-state index contributed by atoms with van der Waals surface area (Å²) in [6, 6.07) is 8.85. The lowest BCUT2D eigenvalue weighted by molar-refractivity contribution is -0.136. The fourth-order valence-electron chi connectivity index (χ4n) is 2.88. The molecule has 0 fully saturated rings. The molecule has 0 radical (unpaired) electrons. The Morgan fingerprint density at radius 2 is 1.96 bits per heavy atom. The zero-order valence-corrected chi connectivity index (χ0v) is 15.6. The van der Waals surface area contributed by atoms with Gasteiger partial charge >= 0.3 is 5.97 Å². The molecule has 0 aliphatic carbocycles. The predicted molar refractivity (Wildman–Crippen MR) is 100 cm³/mol. The van der Waals surface area contributed by atoms with Gasteiger partial charge in [0.25, 0.3) is 0 Å². The number of halogens is 1. The van der Waals surface area contributed by atoms with Crippen LogP contribution in [0.15, 0.2) is 30.3 Å². The third-order valence-electron chi connectivity index (χ3n) is 4.22. The van der Waals surface area contributed by atoms with Gasteiger partial charge in [0, 0.05) is 17.0 Å². The van der Waals surface area contributed by atoms with Crippen molar-refractivity contribution in [1.29, 1.82) is 0 Å². The molecule has 0 bridgehead atoms. The van der Waals surface area contributed by atoms with E-state index in [1.807, 2.05) is 26.8 Å². The largest absolute Gasteiger partial charge is 0.505 e. The second-order valence-electron chi connectivity index (χ2n) is 7.29. The highest BCUT2D eigenvalue weighted by Gasteiger charge is 2.23. The number of carboxylic acid groups (broad SMARTS) is 1. The third kappa shape index (κ3) is 3.51. The number of phenolic OH excluding ortho intramolecular Hbond substituents is 1. The Labute approximate surface area is 156 Å². The van der Waals surface area contributed by atoms with E-state index in [2.05, 4.69) is 10.3 Å². The number of phenols is 1. The number of nitrogens with zero attached hydrogens (tertiary/aromatic N) is 3. The Morgan fingerprint density at radius 3 is 2.62 bits per heavy atom. The van der Waals surface area contributed by atoms with Crippen molar-refractivity contribution in [2.24, 2.45) is 0 Å². The van der Waals surface area contributed by atoms with Crippen molar-refractivity contribution >= 4 is 28.6 Å². The molecule has 0 saturated heterocycles. The van der Waals surface area contributed by atoms with Crippen LogP contribution in [0, 0.1) is 0 Å². The van der Waals surface area contributed by atoms with Gasteiger partial charge in [-0.15, -0.1) is 5.10 Å². The number of hydrogen-bond acceptors (Lipinski definition) is 4. The molecule has 2 N–H and O–H groups in total. The summed E-state index contributed by atoms with van der Waals surface area (Å²) in [6.45, 7) is 5.98. The summed E-state index contributed by atoms with van der Waals surface area (Å²) in [5.41, 5.74) is 3.03. The molecule has 1 aromatic heterocycles. The number of carbonyl (C=O) groups is 1. The quantitative estimate of drug-likeness (QED) is 0.718. The van der Waals surface area contributed by atoms with Crippen LogP contribution < -0.4 is 0 Å². The molecule has 26 heavy (non-hydrogen) atoms. The van der Waals surface area contributed by atoms with Crippen molar-refractivity contribution in [1.82, 2.24) is 15.0 Å². The van der Waals surface area contributed by atoms with Gasteiger partial charge in [-0.1, -0.05) is 43.7 Å². The van der Waals surface area contributed by atoms with Crippen molar-refractivity contribution in [3.8, 4) is 11.4 Å². The van der Waals surface area contributed by atoms with Crippen LogP contribution in [0.2, 0.25) is 5.02 Å². The number of aliphatic carboxylic acids is 1. The lowest BCUT2D eigenvalue weighted by atomic mass is 9.84. The number of fused-ring (bicyclic) bond motifs is 1. The molecule has 1 heterocycles. The second kappa shape index (κ2) is 6.61. The number of hydrogen-bond donors (Lipinski definition) is 2. The average Bonchev–Trinajstić information content (AvgIpc) is 2.95. The summed E-state index contributed by atoms with van der Waals surface area (Å²) in [5, 5.41) is 28.7. The van der Waals surface area contributed by atoms with Crippen LogP contribution in [0.3, 0.4) is 0 Å². The average molecular weight is 374 g/mol. The number of aryl methyl sites for hydroxylation is 1. The van der Waals surface area contributed by atoms with Crippen molar-refractivity contribution in [2.75, 3.05) is 0 Å². The van der Waals surface area contributed by atoms with Crippen LogP contribution in [0.1, 0.15) is 38.3 Å². The van der Waals surface area contributed by atoms with Gasteiger partial charge in [0.05, 0.1) is 5.52 Å². The van der Waals surface area contributed by atoms with E-state index in [1.165, 1.54) is 0 Å². The maximum atomic E-state index is 11.0. The number of aromatic nitrogens is 3. The Morgan fingerprint density at radius 1 is 1.23 bits per heavy atom. The van der Waals surface area contributed by atoms with Gasteiger partial charge in [-0.2, -0.15) is 0 Å². The SMILES string of the molecule is CC(C)(C)c1cc(CCC(=O)O)cc(-n2nnc3cc(Cl)ccc32)c1O. The molecule has 3 aromatic rings. The van der Waals surface area contributed by atoms with E-state index in [-0.39, 0.29) is 17.6 Å². The highest BCUT2D eigenvalue weighted by Crippen LogP contribution is 2.37.